The van der Waals surface area contributed by atoms with Gasteiger partial charge >= 0.3 is 0 Å². The molecule has 1 fully saturated rings. The van der Waals surface area contributed by atoms with Gasteiger partial charge in [-0.15, -0.1) is 6.58 Å². The summed E-state index contributed by atoms with van der Waals surface area (Å²) >= 11 is 0. The minimum Gasteiger partial charge on any atom is -0.381 e. The summed E-state index contributed by atoms with van der Waals surface area (Å²) < 4.78 is 5.78. The molecule has 1 aliphatic carbocycles. The standard InChI is InChI=1S/C25H37NO/c1-2-3-4-5-6-8-19-27-20-9-7-10-22-11-15-24(16-12-22)25-17-13-23(21-26)14-18-25/h2,13-14,17-18,22,24H,1,3-12,15-16,19-20H2. The van der Waals surface area contributed by atoms with Crippen LogP contribution in [0.25, 0.3) is 0 Å². The van der Waals surface area contributed by atoms with Gasteiger partial charge < -0.3 is 4.74 Å². The normalized spacial score (nSPS) is 19.5. The van der Waals surface area contributed by atoms with Crippen molar-refractivity contribution in [1.29, 1.82) is 5.26 Å². The Bertz CT molecular complexity index is 549. The highest BCUT2D eigenvalue weighted by Gasteiger charge is 2.21. The molecule has 2 heteroatoms. The first kappa shape index (κ1) is 21.7. The van der Waals surface area contributed by atoms with E-state index in [4.69, 9.17) is 10.00 Å². The molecule has 148 valence electrons. The van der Waals surface area contributed by atoms with Crippen LogP contribution < -0.4 is 0 Å². The summed E-state index contributed by atoms with van der Waals surface area (Å²) in [6, 6.07) is 10.4. The molecule has 2 rings (SSSR count). The number of rotatable bonds is 13. The molecule has 0 N–H and O–H groups in total. The maximum absolute atomic E-state index is 8.91. The molecule has 1 saturated carbocycles. The quantitative estimate of drug-likeness (QED) is 0.274. The topological polar surface area (TPSA) is 33.0 Å². The van der Waals surface area contributed by atoms with Gasteiger partial charge in [0.2, 0.25) is 0 Å². The summed E-state index contributed by atoms with van der Waals surface area (Å²) in [5, 5.41) is 8.91. The van der Waals surface area contributed by atoms with Crippen molar-refractivity contribution in [2.75, 3.05) is 13.2 Å². The molecule has 1 aromatic carbocycles. The number of hydrogen-bond acceptors (Lipinski definition) is 2. The number of allylic oxidation sites excluding steroid dienone is 1. The predicted molar refractivity (Wildman–Crippen MR) is 114 cm³/mol. The molecule has 0 aromatic heterocycles. The average Bonchev–Trinajstić information content (AvgIpc) is 2.72. The van der Waals surface area contributed by atoms with E-state index in [-0.39, 0.29) is 0 Å². The molecular weight excluding hydrogens is 330 g/mol. The van der Waals surface area contributed by atoms with Gasteiger partial charge in [0, 0.05) is 13.2 Å². The highest BCUT2D eigenvalue weighted by Crippen LogP contribution is 2.37. The van der Waals surface area contributed by atoms with Gasteiger partial charge in [-0.2, -0.15) is 5.26 Å². The van der Waals surface area contributed by atoms with Gasteiger partial charge in [0.15, 0.2) is 0 Å². The molecule has 1 aliphatic rings. The first-order valence-electron chi connectivity index (χ1n) is 11.0. The Balaban J connectivity index is 1.45. The van der Waals surface area contributed by atoms with Crippen molar-refractivity contribution in [3.8, 4) is 6.07 Å². The second kappa shape index (κ2) is 13.6. The van der Waals surface area contributed by atoms with Crippen LogP contribution in [0.5, 0.6) is 0 Å². The number of nitrogens with zero attached hydrogens (tertiary/aromatic N) is 1. The van der Waals surface area contributed by atoms with Crippen molar-refractivity contribution in [3.05, 3.63) is 48.0 Å². The van der Waals surface area contributed by atoms with Crippen LogP contribution in [0.3, 0.4) is 0 Å². The molecule has 0 atom stereocenters. The van der Waals surface area contributed by atoms with Crippen molar-refractivity contribution in [3.63, 3.8) is 0 Å². The maximum Gasteiger partial charge on any atom is 0.0991 e. The largest absolute Gasteiger partial charge is 0.381 e. The van der Waals surface area contributed by atoms with E-state index in [2.05, 4.69) is 24.8 Å². The molecular formula is C25H37NO. The van der Waals surface area contributed by atoms with Crippen LogP contribution in [0.1, 0.15) is 94.1 Å². The molecule has 1 aromatic rings. The number of ether oxygens (including phenoxy) is 1. The number of nitriles is 1. The number of benzene rings is 1. The SMILES string of the molecule is C=CCCCCCCOCCCCC1CCC(c2ccc(C#N)cc2)CC1. The molecule has 0 spiro atoms. The van der Waals surface area contributed by atoms with E-state index in [0.717, 1.165) is 31.1 Å². The zero-order valence-corrected chi connectivity index (χ0v) is 17.0. The van der Waals surface area contributed by atoms with Gasteiger partial charge in [0.25, 0.3) is 0 Å². The first-order valence-corrected chi connectivity index (χ1v) is 11.0. The monoisotopic (exact) mass is 367 g/mol. The third-order valence-electron chi connectivity index (χ3n) is 5.96. The second-order valence-corrected chi connectivity index (χ2v) is 8.05. The summed E-state index contributed by atoms with van der Waals surface area (Å²) in [7, 11) is 0. The minimum absolute atomic E-state index is 0.698. The summed E-state index contributed by atoms with van der Waals surface area (Å²) in [5.74, 6) is 1.60. The summed E-state index contributed by atoms with van der Waals surface area (Å²) in [6.07, 6.45) is 17.4. The Hall–Kier alpha value is -1.59. The lowest BCUT2D eigenvalue weighted by Gasteiger charge is -2.29. The fraction of sp³-hybridized carbons (Fsp3) is 0.640. The second-order valence-electron chi connectivity index (χ2n) is 8.05. The highest BCUT2D eigenvalue weighted by atomic mass is 16.5. The molecule has 0 aliphatic heterocycles. The Morgan fingerprint density at radius 1 is 0.926 bits per heavy atom. The lowest BCUT2D eigenvalue weighted by molar-refractivity contribution is 0.124. The van der Waals surface area contributed by atoms with Crippen LogP contribution in [0.4, 0.5) is 0 Å². The van der Waals surface area contributed by atoms with Crippen molar-refractivity contribution >= 4 is 0 Å². The first-order chi connectivity index (χ1) is 13.3. The van der Waals surface area contributed by atoms with Crippen LogP contribution in [0.2, 0.25) is 0 Å². The van der Waals surface area contributed by atoms with Gasteiger partial charge in [-0.05, 0) is 80.9 Å². The van der Waals surface area contributed by atoms with Crippen LogP contribution in [0.15, 0.2) is 36.9 Å². The molecule has 2 nitrogen and oxygen atoms in total. The van der Waals surface area contributed by atoms with Crippen molar-refractivity contribution in [1.82, 2.24) is 0 Å². The summed E-state index contributed by atoms with van der Waals surface area (Å²) in [4.78, 5) is 0. The van der Waals surface area contributed by atoms with Gasteiger partial charge in [-0.1, -0.05) is 43.9 Å². The third-order valence-corrected chi connectivity index (χ3v) is 5.96. The fourth-order valence-corrected chi connectivity index (χ4v) is 4.20. The zero-order valence-electron chi connectivity index (χ0n) is 17.0. The van der Waals surface area contributed by atoms with Crippen LogP contribution in [-0.4, -0.2) is 13.2 Å². The Morgan fingerprint density at radius 3 is 2.26 bits per heavy atom. The maximum atomic E-state index is 8.91. The Labute approximate surface area is 166 Å². The van der Waals surface area contributed by atoms with Crippen molar-refractivity contribution in [2.45, 2.75) is 83.0 Å². The van der Waals surface area contributed by atoms with E-state index in [1.165, 1.54) is 76.2 Å². The molecule has 0 saturated heterocycles. The fourth-order valence-electron chi connectivity index (χ4n) is 4.20. The highest BCUT2D eigenvalue weighted by molar-refractivity contribution is 5.33. The van der Waals surface area contributed by atoms with E-state index in [0.29, 0.717) is 5.92 Å². The minimum atomic E-state index is 0.698. The predicted octanol–water partition coefficient (Wildman–Crippen LogP) is 7.16. The molecule has 0 radical (unpaired) electrons. The van der Waals surface area contributed by atoms with Crippen LogP contribution in [0, 0.1) is 17.2 Å². The lowest BCUT2D eigenvalue weighted by Crippen LogP contribution is -2.13. The molecule has 0 bridgehead atoms. The van der Waals surface area contributed by atoms with E-state index >= 15 is 0 Å². The van der Waals surface area contributed by atoms with E-state index in [9.17, 15) is 0 Å². The average molecular weight is 368 g/mol. The van der Waals surface area contributed by atoms with Gasteiger partial charge in [0.05, 0.1) is 11.6 Å². The third kappa shape index (κ3) is 8.76. The van der Waals surface area contributed by atoms with E-state index in [1.807, 2.05) is 18.2 Å². The van der Waals surface area contributed by atoms with E-state index in [1.54, 1.807) is 0 Å². The molecule has 0 amide bonds. The molecule has 0 unspecified atom stereocenters. The number of hydrogen-bond donors (Lipinski definition) is 0. The number of unbranched alkanes of at least 4 members (excludes halogenated alkanes) is 5. The van der Waals surface area contributed by atoms with Crippen LogP contribution >= 0.6 is 0 Å². The molecule has 0 heterocycles. The summed E-state index contributed by atoms with van der Waals surface area (Å²) in [5.41, 5.74) is 2.19. The Morgan fingerprint density at radius 2 is 1.59 bits per heavy atom. The van der Waals surface area contributed by atoms with Gasteiger partial charge in [-0.3, -0.25) is 0 Å². The zero-order chi connectivity index (χ0) is 19.2. The van der Waals surface area contributed by atoms with Crippen molar-refractivity contribution < 1.29 is 4.74 Å². The van der Waals surface area contributed by atoms with Crippen molar-refractivity contribution in [2.24, 2.45) is 5.92 Å². The Kier molecular flexibility index (Phi) is 10.9. The smallest absolute Gasteiger partial charge is 0.0991 e. The lowest BCUT2D eigenvalue weighted by atomic mass is 9.77. The van der Waals surface area contributed by atoms with E-state index < -0.39 is 0 Å². The molecule has 27 heavy (non-hydrogen) atoms. The summed E-state index contributed by atoms with van der Waals surface area (Å²) in [6.45, 7) is 5.63. The van der Waals surface area contributed by atoms with Gasteiger partial charge in [0.1, 0.15) is 0 Å². The van der Waals surface area contributed by atoms with Gasteiger partial charge in [-0.25, -0.2) is 0 Å². The van der Waals surface area contributed by atoms with Crippen LogP contribution in [-0.2, 0) is 4.74 Å².